The second-order valence-electron chi connectivity index (χ2n) is 8.79. The monoisotopic (exact) mass is 697 g/mol. The molecule has 1 atom stereocenters. The summed E-state index contributed by atoms with van der Waals surface area (Å²) in [6, 6.07) is 21.4. The molecule has 7 nitrogen and oxygen atoms in total. The number of nitrogens with one attached hydrogen (secondary N) is 1. The summed E-state index contributed by atoms with van der Waals surface area (Å²) < 4.78 is 30.3. The van der Waals surface area contributed by atoms with Crippen LogP contribution in [0.25, 0.3) is 0 Å². The third-order valence-corrected chi connectivity index (χ3v) is 8.62. The summed E-state index contributed by atoms with van der Waals surface area (Å²) in [7, 11) is -4.06. The van der Waals surface area contributed by atoms with Gasteiger partial charge in [-0.3, -0.25) is 13.9 Å². The van der Waals surface area contributed by atoms with Crippen LogP contribution >= 0.6 is 38.5 Å². The van der Waals surface area contributed by atoms with Crippen LogP contribution in [0, 0.1) is 3.57 Å². The lowest BCUT2D eigenvalue weighted by molar-refractivity contribution is -0.139. The van der Waals surface area contributed by atoms with Gasteiger partial charge >= 0.3 is 0 Å². The van der Waals surface area contributed by atoms with Crippen molar-refractivity contribution >= 4 is 66.0 Å². The van der Waals surface area contributed by atoms with Gasteiger partial charge in [0.25, 0.3) is 10.0 Å². The Balaban J connectivity index is 2.00. The minimum atomic E-state index is -4.06. The van der Waals surface area contributed by atoms with Gasteiger partial charge in [0.15, 0.2) is 0 Å². The van der Waals surface area contributed by atoms with Crippen LogP contribution in [0.2, 0.25) is 0 Å². The number of anilines is 1. The Morgan fingerprint density at radius 2 is 1.51 bits per heavy atom. The summed E-state index contributed by atoms with van der Waals surface area (Å²) >= 11 is 5.55. The molecule has 1 N–H and O–H groups in total. The zero-order valence-corrected chi connectivity index (χ0v) is 25.3. The van der Waals surface area contributed by atoms with E-state index in [0.717, 1.165) is 17.9 Å². The summed E-state index contributed by atoms with van der Waals surface area (Å²) in [6.45, 7) is 5.01. The fourth-order valence-electron chi connectivity index (χ4n) is 3.63. The maximum atomic E-state index is 13.8. The SMILES string of the molecule is CC(C)NC(=O)C(C)N(Cc1ccc(Br)cc1)C(=O)CN(c1ccc(I)cc1)S(=O)(=O)c1ccccc1. The van der Waals surface area contributed by atoms with Crippen molar-refractivity contribution in [3.63, 3.8) is 0 Å². The van der Waals surface area contributed by atoms with Gasteiger partial charge in [-0.1, -0.05) is 46.3 Å². The molecule has 3 aromatic rings. The topological polar surface area (TPSA) is 86.8 Å². The molecule has 3 rings (SSSR count). The molecular formula is C27H29BrIN3O4S. The zero-order chi connectivity index (χ0) is 27.2. The first-order chi connectivity index (χ1) is 17.5. The Morgan fingerprint density at radius 1 is 0.919 bits per heavy atom. The standard InChI is InChI=1S/C27H29BrIN3O4S/c1-19(2)30-27(34)20(3)31(17-21-9-11-22(28)12-10-21)26(33)18-32(24-15-13-23(29)14-16-24)37(35,36)25-7-5-4-6-8-25/h4-16,19-20H,17-18H2,1-3H3,(H,30,34). The summed E-state index contributed by atoms with van der Waals surface area (Å²) in [5.74, 6) is -0.806. The smallest absolute Gasteiger partial charge is 0.264 e. The van der Waals surface area contributed by atoms with Gasteiger partial charge in [-0.25, -0.2) is 8.42 Å². The molecule has 0 saturated carbocycles. The van der Waals surface area contributed by atoms with Gasteiger partial charge in [0.1, 0.15) is 12.6 Å². The lowest BCUT2D eigenvalue weighted by Crippen LogP contribution is -2.52. The Labute approximate surface area is 240 Å². The van der Waals surface area contributed by atoms with Gasteiger partial charge < -0.3 is 10.2 Å². The van der Waals surface area contributed by atoms with E-state index < -0.39 is 28.5 Å². The van der Waals surface area contributed by atoms with Crippen molar-refractivity contribution in [2.75, 3.05) is 10.8 Å². The highest BCUT2D eigenvalue weighted by Crippen LogP contribution is 2.25. The van der Waals surface area contributed by atoms with E-state index in [1.54, 1.807) is 49.4 Å². The zero-order valence-electron chi connectivity index (χ0n) is 20.8. The van der Waals surface area contributed by atoms with Crippen LogP contribution in [0.5, 0.6) is 0 Å². The molecule has 0 radical (unpaired) electrons. The molecule has 0 fully saturated rings. The fourth-order valence-corrected chi connectivity index (χ4v) is 5.69. The van der Waals surface area contributed by atoms with Crippen LogP contribution in [-0.2, 0) is 26.2 Å². The number of benzene rings is 3. The van der Waals surface area contributed by atoms with Gasteiger partial charge in [0.05, 0.1) is 10.6 Å². The largest absolute Gasteiger partial charge is 0.352 e. The van der Waals surface area contributed by atoms with E-state index in [1.807, 2.05) is 38.1 Å². The van der Waals surface area contributed by atoms with Gasteiger partial charge in [-0.2, -0.15) is 0 Å². The van der Waals surface area contributed by atoms with Crippen LogP contribution < -0.4 is 9.62 Å². The summed E-state index contributed by atoms with van der Waals surface area (Å²) in [5.41, 5.74) is 1.17. The van der Waals surface area contributed by atoms with Crippen molar-refractivity contribution in [1.29, 1.82) is 0 Å². The summed E-state index contributed by atoms with van der Waals surface area (Å²) in [4.78, 5) is 28.2. The van der Waals surface area contributed by atoms with Crippen LogP contribution in [0.3, 0.4) is 0 Å². The molecule has 0 aliphatic heterocycles. The van der Waals surface area contributed by atoms with Crippen molar-refractivity contribution in [2.45, 2.75) is 44.3 Å². The number of carbonyl (C=O) groups is 2. The second-order valence-corrected chi connectivity index (χ2v) is 12.8. The summed E-state index contributed by atoms with van der Waals surface area (Å²) in [6.07, 6.45) is 0. The van der Waals surface area contributed by atoms with Gasteiger partial charge in [0.2, 0.25) is 11.8 Å². The quantitative estimate of drug-likeness (QED) is 0.296. The van der Waals surface area contributed by atoms with E-state index in [1.165, 1.54) is 17.0 Å². The van der Waals surface area contributed by atoms with E-state index in [0.29, 0.717) is 5.69 Å². The number of amides is 2. The predicted molar refractivity (Wildman–Crippen MR) is 158 cm³/mol. The molecule has 0 saturated heterocycles. The lowest BCUT2D eigenvalue weighted by Gasteiger charge is -2.32. The average Bonchev–Trinajstić information content (AvgIpc) is 2.87. The van der Waals surface area contributed by atoms with Crippen LogP contribution in [-0.4, -0.2) is 43.8 Å². The molecule has 0 aliphatic carbocycles. The highest BCUT2D eigenvalue weighted by Gasteiger charge is 2.32. The van der Waals surface area contributed by atoms with Crippen LogP contribution in [0.4, 0.5) is 5.69 Å². The fraction of sp³-hybridized carbons (Fsp3) is 0.259. The molecule has 0 heterocycles. The van der Waals surface area contributed by atoms with E-state index >= 15 is 0 Å². The van der Waals surface area contributed by atoms with Crippen molar-refractivity contribution in [3.05, 3.63) is 92.5 Å². The molecule has 2 amide bonds. The first-order valence-corrected chi connectivity index (χ1v) is 15.0. The van der Waals surface area contributed by atoms with Gasteiger partial charge in [-0.15, -0.1) is 0 Å². The first kappa shape index (κ1) is 29.1. The van der Waals surface area contributed by atoms with Crippen molar-refractivity contribution in [2.24, 2.45) is 0 Å². The Kier molecular flexibility index (Phi) is 10.1. The third kappa shape index (κ3) is 7.78. The molecular weight excluding hydrogens is 669 g/mol. The Hall–Kier alpha value is -2.44. The van der Waals surface area contributed by atoms with Crippen molar-refractivity contribution in [1.82, 2.24) is 10.2 Å². The average molecular weight is 698 g/mol. The maximum absolute atomic E-state index is 13.8. The van der Waals surface area contributed by atoms with Gasteiger partial charge in [0, 0.05) is 20.6 Å². The molecule has 3 aromatic carbocycles. The summed E-state index contributed by atoms with van der Waals surface area (Å²) in [5, 5.41) is 2.85. The van der Waals surface area contributed by atoms with Crippen LogP contribution in [0.15, 0.2) is 88.2 Å². The molecule has 0 aliphatic rings. The van der Waals surface area contributed by atoms with E-state index in [4.69, 9.17) is 0 Å². The number of hydrogen-bond acceptors (Lipinski definition) is 4. The number of carbonyl (C=O) groups excluding carboxylic acids is 2. The number of rotatable bonds is 10. The van der Waals surface area contributed by atoms with E-state index in [9.17, 15) is 18.0 Å². The molecule has 0 spiro atoms. The highest BCUT2D eigenvalue weighted by atomic mass is 127. The number of nitrogens with zero attached hydrogens (tertiary/aromatic N) is 2. The number of halogens is 2. The molecule has 37 heavy (non-hydrogen) atoms. The second kappa shape index (κ2) is 12.9. The Morgan fingerprint density at radius 3 is 2.08 bits per heavy atom. The van der Waals surface area contributed by atoms with E-state index in [-0.39, 0.29) is 23.4 Å². The molecule has 0 aromatic heterocycles. The lowest BCUT2D eigenvalue weighted by atomic mass is 10.1. The maximum Gasteiger partial charge on any atom is 0.264 e. The minimum Gasteiger partial charge on any atom is -0.352 e. The van der Waals surface area contributed by atoms with Crippen molar-refractivity contribution < 1.29 is 18.0 Å². The molecule has 196 valence electrons. The third-order valence-electron chi connectivity index (χ3n) is 5.59. The number of hydrogen-bond donors (Lipinski definition) is 1. The Bertz CT molecular complexity index is 1320. The molecule has 0 bridgehead atoms. The number of sulfonamides is 1. The van der Waals surface area contributed by atoms with Gasteiger partial charge in [-0.05, 0) is 97.5 Å². The normalized spacial score (nSPS) is 12.2. The molecule has 10 heteroatoms. The highest BCUT2D eigenvalue weighted by molar-refractivity contribution is 14.1. The minimum absolute atomic E-state index is 0.0754. The molecule has 1 unspecified atom stereocenters. The first-order valence-electron chi connectivity index (χ1n) is 11.7. The van der Waals surface area contributed by atoms with Crippen LogP contribution in [0.1, 0.15) is 26.3 Å². The predicted octanol–water partition coefficient (Wildman–Crippen LogP) is 5.19. The van der Waals surface area contributed by atoms with Crippen molar-refractivity contribution in [3.8, 4) is 0 Å². The van der Waals surface area contributed by atoms with E-state index in [2.05, 4.69) is 43.8 Å².